The molecule has 4 aromatic heterocycles. The summed E-state index contributed by atoms with van der Waals surface area (Å²) in [4.78, 5) is 29.2. The first-order chi connectivity index (χ1) is 27.1. The predicted molar refractivity (Wildman–Crippen MR) is 225 cm³/mol. The number of benzene rings is 8. The Labute approximate surface area is 312 Å². The molecule has 2 aliphatic rings. The largest absolute Gasteiger partial charge is 0.275 e. The number of aromatic nitrogens is 2. The quantitative estimate of drug-likeness (QED) is 0.148. The molecule has 4 nitrogen and oxygen atoms in total. The van der Waals surface area contributed by atoms with Crippen molar-refractivity contribution in [2.24, 2.45) is 0 Å². The average Bonchev–Trinajstić information content (AvgIpc) is 3.93. The molecule has 55 heavy (non-hydrogen) atoms. The van der Waals surface area contributed by atoms with E-state index in [2.05, 4.69) is 121 Å². The molecule has 12 aromatic rings. The number of pyridine rings is 2. The van der Waals surface area contributed by atoms with E-state index in [-0.39, 0.29) is 11.1 Å². The maximum absolute atomic E-state index is 14.6. The summed E-state index contributed by atoms with van der Waals surface area (Å²) in [5, 5.41) is 9.83. The Hall–Kier alpha value is -7.30. The van der Waals surface area contributed by atoms with Crippen LogP contribution in [0, 0.1) is 0 Å². The highest BCUT2D eigenvalue weighted by Gasteiger charge is 2.52. The first-order valence-electron chi connectivity index (χ1n) is 18.9. The van der Waals surface area contributed by atoms with Gasteiger partial charge in [-0.2, -0.15) is 0 Å². The van der Waals surface area contributed by atoms with Gasteiger partial charge in [-0.15, -0.1) is 0 Å². The summed E-state index contributed by atoms with van der Waals surface area (Å²) in [6.07, 6.45) is 0. The SMILES string of the molecule is O=c1c2ccccc2c2cccc3c4cc5c(cc4n1c23)C1(c2ccccc2-c2ccccc21)c1cc2c(cc1-5)c1cccc3c4ccccc4c(=O)n2c31. The van der Waals surface area contributed by atoms with Crippen LogP contribution in [0.15, 0.2) is 167 Å². The van der Waals surface area contributed by atoms with Crippen LogP contribution >= 0.6 is 0 Å². The molecule has 0 bridgehead atoms. The van der Waals surface area contributed by atoms with Crippen molar-refractivity contribution >= 4 is 75.9 Å². The van der Waals surface area contributed by atoms with E-state index in [1.165, 1.54) is 22.3 Å². The van der Waals surface area contributed by atoms with Crippen molar-refractivity contribution in [3.05, 3.63) is 201 Å². The molecule has 0 N–H and O–H groups in total. The van der Waals surface area contributed by atoms with E-state index in [1.54, 1.807) is 0 Å². The Balaban J connectivity index is 1.23. The lowest BCUT2D eigenvalue weighted by Crippen LogP contribution is -2.26. The molecular formula is C51H26N2O2. The molecule has 252 valence electrons. The van der Waals surface area contributed by atoms with Gasteiger partial charge in [-0.05, 0) is 91.7 Å². The second-order valence-corrected chi connectivity index (χ2v) is 15.4. The lowest BCUT2D eigenvalue weighted by Gasteiger charge is -2.30. The Morgan fingerprint density at radius 1 is 0.309 bits per heavy atom. The number of hydrogen-bond acceptors (Lipinski definition) is 2. The molecule has 0 fully saturated rings. The van der Waals surface area contributed by atoms with E-state index in [0.717, 1.165) is 98.2 Å². The molecule has 8 aromatic carbocycles. The highest BCUT2D eigenvalue weighted by Crippen LogP contribution is 2.64. The highest BCUT2D eigenvalue weighted by molar-refractivity contribution is 6.23. The monoisotopic (exact) mass is 698 g/mol. The van der Waals surface area contributed by atoms with Gasteiger partial charge in [-0.25, -0.2) is 0 Å². The summed E-state index contributed by atoms with van der Waals surface area (Å²) in [5.41, 5.74) is 12.6. The fourth-order valence-corrected chi connectivity index (χ4v) is 11.2. The molecule has 0 amide bonds. The first-order valence-corrected chi connectivity index (χ1v) is 18.9. The van der Waals surface area contributed by atoms with Crippen molar-refractivity contribution in [1.82, 2.24) is 8.80 Å². The van der Waals surface area contributed by atoms with E-state index in [1.807, 2.05) is 45.2 Å². The summed E-state index contributed by atoms with van der Waals surface area (Å²) in [6.45, 7) is 0. The number of nitrogens with zero attached hydrogens (tertiary/aromatic N) is 2. The predicted octanol–water partition coefficient (Wildman–Crippen LogP) is 11.1. The molecule has 0 saturated heterocycles. The minimum Gasteiger partial charge on any atom is -0.275 e. The van der Waals surface area contributed by atoms with Crippen LogP contribution in [0.5, 0.6) is 0 Å². The molecule has 4 heterocycles. The Kier molecular flexibility index (Phi) is 4.75. The summed E-state index contributed by atoms with van der Waals surface area (Å²) in [7, 11) is 0. The van der Waals surface area contributed by atoms with Gasteiger partial charge in [0, 0.05) is 43.1 Å². The van der Waals surface area contributed by atoms with Crippen LogP contribution < -0.4 is 11.1 Å². The van der Waals surface area contributed by atoms with Gasteiger partial charge < -0.3 is 0 Å². The Morgan fingerprint density at radius 2 is 0.673 bits per heavy atom. The van der Waals surface area contributed by atoms with E-state index in [9.17, 15) is 9.59 Å². The zero-order chi connectivity index (χ0) is 35.9. The molecule has 0 aliphatic heterocycles. The summed E-state index contributed by atoms with van der Waals surface area (Å²) in [6, 6.07) is 55.7. The van der Waals surface area contributed by atoms with E-state index < -0.39 is 5.41 Å². The fraction of sp³-hybridized carbons (Fsp3) is 0.0196. The third-order valence-electron chi connectivity index (χ3n) is 13.2. The second kappa shape index (κ2) is 9.25. The van der Waals surface area contributed by atoms with E-state index in [0.29, 0.717) is 0 Å². The van der Waals surface area contributed by atoms with Crippen molar-refractivity contribution in [3.63, 3.8) is 0 Å². The van der Waals surface area contributed by atoms with Gasteiger partial charge in [0.15, 0.2) is 0 Å². The van der Waals surface area contributed by atoms with Crippen molar-refractivity contribution in [1.29, 1.82) is 0 Å². The maximum Gasteiger partial charge on any atom is 0.263 e. The van der Waals surface area contributed by atoms with Crippen LogP contribution in [-0.2, 0) is 5.41 Å². The van der Waals surface area contributed by atoms with Crippen LogP contribution in [0.1, 0.15) is 22.3 Å². The van der Waals surface area contributed by atoms with Gasteiger partial charge >= 0.3 is 0 Å². The topological polar surface area (TPSA) is 43.0 Å². The summed E-state index contributed by atoms with van der Waals surface area (Å²) < 4.78 is 3.93. The Bertz CT molecular complexity index is 3630. The van der Waals surface area contributed by atoms with Crippen LogP contribution in [0.4, 0.5) is 0 Å². The summed E-state index contributed by atoms with van der Waals surface area (Å²) >= 11 is 0. The number of fused-ring (bicyclic) bond motifs is 20. The normalized spacial score (nSPS) is 14.1. The molecule has 0 unspecified atom stereocenters. The number of rotatable bonds is 0. The number of hydrogen-bond donors (Lipinski definition) is 0. The molecule has 1 spiro atoms. The summed E-state index contributed by atoms with van der Waals surface area (Å²) in [5.74, 6) is 0. The van der Waals surface area contributed by atoms with Gasteiger partial charge in [-0.3, -0.25) is 18.4 Å². The second-order valence-electron chi connectivity index (χ2n) is 15.4. The van der Waals surface area contributed by atoms with E-state index in [4.69, 9.17) is 0 Å². The zero-order valence-corrected chi connectivity index (χ0v) is 29.2. The highest BCUT2D eigenvalue weighted by atomic mass is 16.1. The number of para-hydroxylation sites is 2. The third kappa shape index (κ3) is 2.99. The third-order valence-corrected chi connectivity index (χ3v) is 13.2. The fourth-order valence-electron chi connectivity index (χ4n) is 11.2. The van der Waals surface area contributed by atoms with Crippen molar-refractivity contribution in [2.75, 3.05) is 0 Å². The Morgan fingerprint density at radius 3 is 1.13 bits per heavy atom. The minimum absolute atomic E-state index is 0.00122. The van der Waals surface area contributed by atoms with Gasteiger partial charge in [0.1, 0.15) is 0 Å². The molecule has 4 heteroatoms. The van der Waals surface area contributed by atoms with Crippen LogP contribution in [0.2, 0.25) is 0 Å². The lowest BCUT2D eigenvalue weighted by molar-refractivity contribution is 0.795. The van der Waals surface area contributed by atoms with Gasteiger partial charge in [0.2, 0.25) is 0 Å². The van der Waals surface area contributed by atoms with Crippen molar-refractivity contribution in [3.8, 4) is 22.3 Å². The smallest absolute Gasteiger partial charge is 0.263 e. The minimum atomic E-state index is -0.676. The van der Waals surface area contributed by atoms with Gasteiger partial charge in [-0.1, -0.05) is 121 Å². The molecule has 0 saturated carbocycles. The van der Waals surface area contributed by atoms with Crippen molar-refractivity contribution in [2.45, 2.75) is 5.41 Å². The van der Waals surface area contributed by atoms with Gasteiger partial charge in [0.25, 0.3) is 11.1 Å². The van der Waals surface area contributed by atoms with Crippen molar-refractivity contribution < 1.29 is 0 Å². The zero-order valence-electron chi connectivity index (χ0n) is 29.2. The van der Waals surface area contributed by atoms with E-state index >= 15 is 0 Å². The molecule has 14 rings (SSSR count). The first kappa shape index (κ1) is 28.2. The standard InChI is InChI=1S/C51H26N2O2/c54-49-35-15-3-1-11-27(35)31-17-9-19-33-39-23-37-38-24-40-34-20-10-18-32-28-12-2-4-16-36(28)50(55)53(48(32)34)46(40)26-44(38)51(43(37)25-45(39)52(49)47(31)33)41-21-7-5-13-29(41)30-14-6-8-22-42(30)51/h1-26H. The molecule has 2 aliphatic carbocycles. The molecule has 0 atom stereocenters. The van der Waals surface area contributed by atoms with Gasteiger partial charge in [0.05, 0.1) is 27.5 Å². The van der Waals surface area contributed by atoms with Crippen LogP contribution in [0.3, 0.4) is 0 Å². The average molecular weight is 699 g/mol. The lowest BCUT2D eigenvalue weighted by atomic mass is 9.70. The van der Waals surface area contributed by atoms with Crippen LogP contribution in [-0.4, -0.2) is 8.80 Å². The maximum atomic E-state index is 14.6. The molecular weight excluding hydrogens is 673 g/mol. The molecule has 0 radical (unpaired) electrons. The van der Waals surface area contributed by atoms with Crippen LogP contribution in [0.25, 0.3) is 98.2 Å².